The molecule has 11 heteroatoms. The van der Waals surface area contributed by atoms with Crippen LogP contribution in [0.5, 0.6) is 0 Å². The molecule has 1 aromatic carbocycles. The van der Waals surface area contributed by atoms with Gasteiger partial charge in [-0.1, -0.05) is 59.7 Å². The topological polar surface area (TPSA) is 83.5 Å². The predicted molar refractivity (Wildman–Crippen MR) is 165 cm³/mol. The van der Waals surface area contributed by atoms with Crippen LogP contribution in [0.25, 0.3) is 0 Å². The first-order chi connectivity index (χ1) is 18.6. The number of hydrogen-bond donors (Lipinski definition) is 0. The monoisotopic (exact) mass is 599 g/mol. The molecule has 0 aliphatic carbocycles. The van der Waals surface area contributed by atoms with Gasteiger partial charge < -0.3 is 27.0 Å². The van der Waals surface area contributed by atoms with E-state index in [1.807, 2.05) is 35.2 Å². The third kappa shape index (κ3) is 9.82. The van der Waals surface area contributed by atoms with Gasteiger partial charge in [-0.2, -0.15) is 0 Å². The van der Waals surface area contributed by atoms with E-state index in [1.54, 1.807) is 21.3 Å². The second-order valence-corrected chi connectivity index (χ2v) is 22.5. The highest BCUT2D eigenvalue weighted by Crippen LogP contribution is 2.28. The average molecular weight is 600 g/mol. The Morgan fingerprint density at radius 1 is 0.744 bits per heavy atom. The lowest BCUT2D eigenvalue weighted by atomic mass is 10.1. The number of hydrogen-bond acceptors (Lipinski definition) is 8. The summed E-state index contributed by atoms with van der Waals surface area (Å²) in [6.45, 7) is 13.1. The molecule has 0 radical (unpaired) electrons. The molecule has 0 saturated heterocycles. The number of carbonyl (C=O) groups excluding carboxylic acids is 2. The number of anilines is 1. The van der Waals surface area contributed by atoms with Crippen molar-refractivity contribution in [3.05, 3.63) is 30.3 Å². The Morgan fingerprint density at radius 3 is 1.64 bits per heavy atom. The van der Waals surface area contributed by atoms with Crippen molar-refractivity contribution in [2.24, 2.45) is 0 Å². The zero-order valence-electron chi connectivity index (χ0n) is 25.8. The molecule has 0 saturated carbocycles. The molecule has 0 spiro atoms. The molecular weight excluding hydrogens is 547 g/mol. The Balaban J connectivity index is 3.45. The molecule has 1 rings (SSSR count). The Kier molecular flexibility index (Phi) is 15.8. The number of carbonyl (C=O) groups is 2. The van der Waals surface area contributed by atoms with Crippen molar-refractivity contribution in [2.45, 2.75) is 103 Å². The standard InChI is InChI=1S/C28H53NO7Si3/c1-10-37(11-2,12-3)35-27(30)24-26(28(31)36-38(13-4,14-5)15-6)29(25-20-17-16-18-21-25)22-19-23-39(32-7,33-8)34-9/h16-18,20-21,26H,10-15,19,22-24H2,1-9H3. The van der Waals surface area contributed by atoms with Gasteiger partial charge in [-0.3, -0.25) is 9.59 Å². The Morgan fingerprint density at radius 2 is 1.21 bits per heavy atom. The molecule has 0 aliphatic rings. The normalized spacial score (nSPS) is 13.2. The van der Waals surface area contributed by atoms with E-state index in [0.717, 1.165) is 42.0 Å². The van der Waals surface area contributed by atoms with Crippen LogP contribution in [0.3, 0.4) is 0 Å². The molecule has 0 bridgehead atoms. The maximum Gasteiger partial charge on any atom is 0.500 e. The first-order valence-corrected chi connectivity index (χ1v) is 21.5. The summed E-state index contributed by atoms with van der Waals surface area (Å²) in [6.07, 6.45) is 0.594. The predicted octanol–water partition coefficient (Wildman–Crippen LogP) is 6.62. The number of para-hydroxylation sites is 1. The summed E-state index contributed by atoms with van der Waals surface area (Å²) < 4.78 is 29.4. The third-order valence-electron chi connectivity index (χ3n) is 8.42. The van der Waals surface area contributed by atoms with Crippen molar-refractivity contribution < 1.29 is 31.7 Å². The lowest BCUT2D eigenvalue weighted by Gasteiger charge is -2.37. The van der Waals surface area contributed by atoms with Gasteiger partial charge in [0.1, 0.15) is 6.04 Å². The molecule has 1 unspecified atom stereocenters. The SMILES string of the molecule is CC[Si](CC)(CC)OC(=O)CC(C(=O)O[Si](CC)(CC)CC)N(CCC[Si](OC)(OC)OC)c1ccccc1. The van der Waals surface area contributed by atoms with Crippen molar-refractivity contribution in [1.29, 1.82) is 0 Å². The lowest BCUT2D eigenvalue weighted by Crippen LogP contribution is -2.51. The molecule has 1 atom stereocenters. The number of benzene rings is 1. The zero-order valence-corrected chi connectivity index (χ0v) is 28.8. The van der Waals surface area contributed by atoms with Crippen LogP contribution < -0.4 is 4.90 Å². The minimum atomic E-state index is -2.80. The van der Waals surface area contributed by atoms with E-state index in [-0.39, 0.29) is 18.4 Å². The fourth-order valence-electron chi connectivity index (χ4n) is 5.08. The minimum absolute atomic E-state index is 0.0501. The molecule has 1 aromatic rings. The van der Waals surface area contributed by atoms with Crippen molar-refractivity contribution in [1.82, 2.24) is 0 Å². The molecule has 39 heavy (non-hydrogen) atoms. The molecule has 0 amide bonds. The molecule has 8 nitrogen and oxygen atoms in total. The fourth-order valence-corrected chi connectivity index (χ4v) is 11.8. The van der Waals surface area contributed by atoms with Gasteiger partial charge in [-0.15, -0.1) is 0 Å². The van der Waals surface area contributed by atoms with Crippen molar-refractivity contribution in [3.63, 3.8) is 0 Å². The molecule has 0 N–H and O–H groups in total. The molecule has 0 heterocycles. The molecule has 0 fully saturated rings. The van der Waals surface area contributed by atoms with Crippen LogP contribution >= 0.6 is 0 Å². The van der Waals surface area contributed by atoms with Crippen molar-refractivity contribution in [3.8, 4) is 0 Å². The fraction of sp³-hybridized carbons (Fsp3) is 0.714. The van der Waals surface area contributed by atoms with Crippen LogP contribution in [0.1, 0.15) is 54.4 Å². The van der Waals surface area contributed by atoms with Gasteiger partial charge in [0.25, 0.3) is 22.6 Å². The van der Waals surface area contributed by atoms with Crippen LogP contribution in [-0.4, -0.2) is 71.3 Å². The van der Waals surface area contributed by atoms with Crippen LogP contribution in [0.4, 0.5) is 5.69 Å². The minimum Gasteiger partial charge on any atom is -0.519 e. The number of nitrogens with zero attached hydrogens (tertiary/aromatic N) is 1. The first-order valence-electron chi connectivity index (χ1n) is 14.5. The van der Waals surface area contributed by atoms with Gasteiger partial charge in [0.15, 0.2) is 0 Å². The van der Waals surface area contributed by atoms with E-state index in [2.05, 4.69) is 41.5 Å². The average Bonchev–Trinajstić information content (AvgIpc) is 2.98. The molecule has 0 aromatic heterocycles. The summed E-state index contributed by atoms with van der Waals surface area (Å²) in [5.41, 5.74) is 0.855. The van der Waals surface area contributed by atoms with Crippen LogP contribution in [0.2, 0.25) is 42.3 Å². The Hall–Kier alpha value is -1.51. The second kappa shape index (κ2) is 17.3. The second-order valence-electron chi connectivity index (χ2n) is 10.0. The Labute approximate surface area is 240 Å². The van der Waals surface area contributed by atoms with Crippen LogP contribution in [0, 0.1) is 0 Å². The van der Waals surface area contributed by atoms with E-state index < -0.39 is 31.5 Å². The summed E-state index contributed by atoms with van der Waals surface area (Å²) in [5, 5.41) is 0. The first kappa shape index (κ1) is 35.5. The van der Waals surface area contributed by atoms with E-state index in [1.165, 1.54) is 0 Å². The molecule has 0 aliphatic heterocycles. The summed E-state index contributed by atoms with van der Waals surface area (Å²) in [5.74, 6) is -0.653. The zero-order chi connectivity index (χ0) is 29.5. The van der Waals surface area contributed by atoms with E-state index in [0.29, 0.717) is 19.0 Å². The van der Waals surface area contributed by atoms with Crippen molar-refractivity contribution >= 4 is 43.1 Å². The third-order valence-corrected chi connectivity index (χ3v) is 20.3. The van der Waals surface area contributed by atoms with Crippen molar-refractivity contribution in [2.75, 3.05) is 32.8 Å². The summed E-state index contributed by atoms with van der Waals surface area (Å²) >= 11 is 0. The molecule has 224 valence electrons. The smallest absolute Gasteiger partial charge is 0.500 e. The largest absolute Gasteiger partial charge is 0.519 e. The van der Waals surface area contributed by atoms with Gasteiger partial charge in [-0.25, -0.2) is 0 Å². The van der Waals surface area contributed by atoms with Gasteiger partial charge >= 0.3 is 14.8 Å². The van der Waals surface area contributed by atoms with Gasteiger partial charge in [-0.05, 0) is 54.8 Å². The maximum absolute atomic E-state index is 14.0. The number of rotatable bonds is 20. The quantitative estimate of drug-likeness (QED) is 0.155. The summed E-state index contributed by atoms with van der Waals surface area (Å²) in [6, 6.07) is 14.6. The maximum atomic E-state index is 14.0. The van der Waals surface area contributed by atoms with Gasteiger partial charge in [0.05, 0.1) is 6.42 Å². The lowest BCUT2D eigenvalue weighted by molar-refractivity contribution is -0.143. The van der Waals surface area contributed by atoms with E-state index >= 15 is 0 Å². The molecular formula is C28H53NO7Si3. The van der Waals surface area contributed by atoms with Crippen LogP contribution in [-0.2, 0) is 31.7 Å². The summed E-state index contributed by atoms with van der Waals surface area (Å²) in [7, 11) is -2.46. The van der Waals surface area contributed by atoms with E-state index in [9.17, 15) is 9.59 Å². The van der Waals surface area contributed by atoms with Crippen LogP contribution in [0.15, 0.2) is 30.3 Å². The van der Waals surface area contributed by atoms with Gasteiger partial charge in [0, 0.05) is 39.6 Å². The highest BCUT2D eigenvalue weighted by Gasteiger charge is 2.41. The van der Waals surface area contributed by atoms with E-state index in [4.69, 9.17) is 22.1 Å². The highest BCUT2D eigenvalue weighted by molar-refractivity contribution is 6.75. The van der Waals surface area contributed by atoms with Gasteiger partial charge in [0.2, 0.25) is 0 Å². The highest BCUT2D eigenvalue weighted by atomic mass is 28.4. The Bertz CT molecular complexity index is 822. The summed E-state index contributed by atoms with van der Waals surface area (Å²) in [4.78, 5) is 29.5.